The van der Waals surface area contributed by atoms with Crippen LogP contribution in [-0.4, -0.2) is 233 Å². The van der Waals surface area contributed by atoms with E-state index < -0.39 is 143 Å². The summed E-state index contributed by atoms with van der Waals surface area (Å²) in [4.78, 5) is 208. The quantitative estimate of drug-likeness (QED) is 0.00710. The lowest BCUT2D eigenvalue weighted by molar-refractivity contribution is -0.160. The van der Waals surface area contributed by atoms with Crippen molar-refractivity contribution in [3.8, 4) is 11.1 Å². The molecule has 0 saturated heterocycles. The summed E-state index contributed by atoms with van der Waals surface area (Å²) in [5.41, 5.74) is 7.00. The molecule has 0 heterocycles. The number of nitrogens with zero attached hydrogens (tertiary/aromatic N) is 6. The SMILES string of the molecule is CC(C)(NC(=O)OCC1c2ccccc2-c2ccccc21)C(=O)O.[C-]#[N+]c1ccc(C[C@H](C(=O)N(C)CC(=O)N[C@H](C(C)=O)C(C)CC)N(C)C(=O)[C@H](C)NC(=O)[C@@H](CC(C)C)OC(=O)/C(C)=C/C[C@H](C)[C@H](C)[C@H](O)/C(C)=C/C)cc1.[C-]#[N+]c1ccc(C[C@H](C(=O)N(C)CC(=O)N[C@H](C(C)=O)C(C)CC)N(C)C(=O)[C@H](C)NC(=O)[C@@H](CC(C)C)OC(=O)/C(C)=C/C[C@H](C)[C@H](C)[C@H](OC(=O)C(C)(C)C)/C(C)=C/C)cc1. The Morgan fingerprint density at radius 3 is 1.17 bits per heavy atom. The van der Waals surface area contributed by atoms with Gasteiger partial charge in [-0.25, -0.2) is 28.9 Å². The number of amides is 9. The van der Waals surface area contributed by atoms with Crippen molar-refractivity contribution in [2.45, 2.75) is 310 Å². The van der Waals surface area contributed by atoms with E-state index in [1.807, 2.05) is 159 Å². The van der Waals surface area contributed by atoms with Crippen LogP contribution in [-0.2, 0) is 98.9 Å². The topological polar surface area (TPSA) is 415 Å². The number of carboxylic acids is 1. The Morgan fingerprint density at radius 1 is 0.479 bits per heavy atom. The number of alkyl carbamates (subject to hydrolysis) is 1. The molecule has 0 saturated carbocycles. The minimum absolute atomic E-state index is 0.00139. The predicted molar refractivity (Wildman–Crippen MR) is 557 cm³/mol. The summed E-state index contributed by atoms with van der Waals surface area (Å²) in [5.74, 6) is -8.37. The number of carboxylic acid groups (broad SMARTS) is 1. The van der Waals surface area contributed by atoms with Crippen molar-refractivity contribution in [1.82, 2.24) is 46.2 Å². The summed E-state index contributed by atoms with van der Waals surface area (Å²) in [7, 11) is 5.73. The number of carbonyl (C=O) groups is 15. The fourth-order valence-electron chi connectivity index (χ4n) is 15.8. The molecule has 0 spiro atoms. The first kappa shape index (κ1) is 125. The van der Waals surface area contributed by atoms with Gasteiger partial charge in [0.1, 0.15) is 42.4 Å². The number of nitrogens with one attached hydrogen (secondary N) is 5. The molecule has 9 amide bonds. The van der Waals surface area contributed by atoms with Crippen molar-refractivity contribution in [2.24, 2.45) is 52.8 Å². The van der Waals surface area contributed by atoms with Crippen LogP contribution in [0.1, 0.15) is 254 Å². The van der Waals surface area contributed by atoms with Crippen molar-refractivity contribution >= 4 is 100 Å². The van der Waals surface area contributed by atoms with Crippen LogP contribution in [0.2, 0.25) is 0 Å². The third-order valence-corrected chi connectivity index (χ3v) is 26.5. The number of aliphatic carboxylic acids is 1. The molecule has 1 aliphatic rings. The summed E-state index contributed by atoms with van der Waals surface area (Å²) in [6.07, 6.45) is 5.83. The minimum atomic E-state index is -1.37. The first-order chi connectivity index (χ1) is 67.2. The van der Waals surface area contributed by atoms with Crippen LogP contribution < -0.4 is 26.6 Å². The molecule has 0 aliphatic heterocycles. The fraction of sp³-hybridized carbons (Fsp3) is 0.562. The number of esters is 3. The van der Waals surface area contributed by atoms with Gasteiger partial charge in [0.05, 0.1) is 49.8 Å². The van der Waals surface area contributed by atoms with E-state index in [1.54, 1.807) is 95.3 Å². The van der Waals surface area contributed by atoms with E-state index >= 15 is 0 Å². The van der Waals surface area contributed by atoms with Gasteiger partial charge in [-0.05, 0) is 221 Å². The van der Waals surface area contributed by atoms with Gasteiger partial charge in [-0.1, -0.05) is 217 Å². The molecule has 0 aromatic heterocycles. The van der Waals surface area contributed by atoms with Gasteiger partial charge in [-0.15, -0.1) is 0 Å². The third kappa shape index (κ3) is 38.9. The number of carbonyl (C=O) groups excluding carboxylic acids is 14. The Kier molecular flexibility index (Phi) is 51.6. The Morgan fingerprint density at radius 2 is 0.840 bits per heavy atom. The highest BCUT2D eigenvalue weighted by Gasteiger charge is 2.41. The lowest BCUT2D eigenvalue weighted by Gasteiger charge is -2.33. The first-order valence-corrected chi connectivity index (χ1v) is 49.6. The zero-order chi connectivity index (χ0) is 110. The number of fused-ring (bicyclic) bond motifs is 3. The van der Waals surface area contributed by atoms with Gasteiger partial charge in [-0.3, -0.25) is 52.7 Å². The zero-order valence-electron chi connectivity index (χ0n) is 90.6. The molecule has 2 unspecified atom stereocenters. The first-order valence-electron chi connectivity index (χ1n) is 49.6. The average molecular weight is 2000 g/mol. The minimum Gasteiger partial charge on any atom is -0.480 e. The number of likely N-dealkylation sites (N-methyl/N-ethyl adjacent to an activating group) is 4. The molecule has 32 heteroatoms. The lowest BCUT2D eigenvalue weighted by atomic mass is 9.84. The standard InChI is InChI=1S/C49H75N5O9.C44H67N5O8.C19H19NO4/c1-18-30(5)42(36(11)55)52-41(56)28-53(16)46(59)39(27-37-22-24-38(50-15)25-23-37)54(17)45(58)35(10)51-44(57)40(26-29(3)4)62-47(60)33(8)21-20-32(7)34(9)43(31(6)19-2)63-48(61)49(12,13)14;1-15-27(5)39(33(11)50)47-38(51)25-48(13)43(55)36(24-34-19-21-35(45-12)22-20-34)49(14)42(54)32(10)46-41(53)37(23-26(3)4)57-44(56)30(8)18-17-29(7)31(9)40(52)28(6)16-2;1-19(2,17(21)22)20-18(23)24-11-16-14-9-5-3-7-12(14)13-8-4-6-10-15(13)16/h19,21-25,29-30,32,34-35,39-40,42-43H,18,20,26-28H2,1-14,16-17H3,(H,51,57)(H,52,56);16,18-22,26-27,29,31-32,36-37,39-40,52H,15,17,23-25H2,1-11,13-14H3,(H,46,53)(H,47,51);3-10,16H,11H2,1-2H3,(H,20,23)(H,21,22)/b31-19+,33-21+;28-16+,30-18+;/t30?,32-,34-,35-,39+,40+,42-,43+;27?,29-,31-,32-,36+,37+,39-,40+;/m00./s1. The van der Waals surface area contributed by atoms with Crippen molar-refractivity contribution in [3.63, 3.8) is 0 Å². The van der Waals surface area contributed by atoms with Crippen LogP contribution in [0.3, 0.4) is 0 Å². The summed E-state index contributed by atoms with van der Waals surface area (Å²) >= 11 is 0. The van der Waals surface area contributed by atoms with Crippen LogP contribution in [0.25, 0.3) is 20.8 Å². The Hall–Kier alpha value is -13.0. The predicted octanol–water partition coefficient (Wildman–Crippen LogP) is 16.2. The van der Waals surface area contributed by atoms with E-state index in [9.17, 15) is 77.0 Å². The second-order valence-electron chi connectivity index (χ2n) is 40.8. The molecule has 0 fully saturated rings. The van der Waals surface area contributed by atoms with Crippen molar-refractivity contribution in [1.29, 1.82) is 0 Å². The van der Waals surface area contributed by atoms with E-state index in [-0.39, 0.29) is 116 Å². The number of Topliss-reactive ketones (excluding diaryl/α,β-unsaturated/α-hetero) is 2. The lowest BCUT2D eigenvalue weighted by Crippen LogP contribution is -2.56. The van der Waals surface area contributed by atoms with Gasteiger partial charge in [-0.2, -0.15) is 0 Å². The smallest absolute Gasteiger partial charge is 0.408 e. The summed E-state index contributed by atoms with van der Waals surface area (Å²) in [6.45, 7) is 61.8. The Labute approximate surface area is 853 Å². The number of aliphatic hydroxyl groups is 1. The Balaban J connectivity index is 0.000000602. The largest absolute Gasteiger partial charge is 0.480 e. The van der Waals surface area contributed by atoms with Gasteiger partial charge < -0.3 is 75.3 Å². The van der Waals surface area contributed by atoms with Crippen LogP contribution in [0.5, 0.6) is 0 Å². The summed E-state index contributed by atoms with van der Waals surface area (Å²) < 4.78 is 22.7. The molecule has 4 aromatic carbocycles. The van der Waals surface area contributed by atoms with E-state index in [0.717, 1.165) is 33.4 Å². The fourth-order valence-corrected chi connectivity index (χ4v) is 15.8. The number of ether oxygens (including phenoxy) is 4. The highest BCUT2D eigenvalue weighted by molar-refractivity contribution is 5.98. The van der Waals surface area contributed by atoms with Crippen molar-refractivity contribution < 1.29 is 101 Å². The summed E-state index contributed by atoms with van der Waals surface area (Å²) in [5, 5.41) is 32.8. The number of rotatable bonds is 49. The maximum atomic E-state index is 14.1. The molecule has 0 radical (unpaired) electrons. The highest BCUT2D eigenvalue weighted by Crippen LogP contribution is 2.45. The van der Waals surface area contributed by atoms with Crippen LogP contribution in [0.4, 0.5) is 16.2 Å². The number of ketones is 2. The second-order valence-corrected chi connectivity index (χ2v) is 40.8. The molecule has 790 valence electrons. The number of hydrogen-bond donors (Lipinski definition) is 7. The molecule has 4 aromatic rings. The molecule has 144 heavy (non-hydrogen) atoms. The van der Waals surface area contributed by atoms with Gasteiger partial charge in [0.15, 0.2) is 35.1 Å². The van der Waals surface area contributed by atoms with Crippen molar-refractivity contribution in [3.05, 3.63) is 189 Å². The molecule has 1 aliphatic carbocycles. The third-order valence-electron chi connectivity index (χ3n) is 26.5. The molecule has 5 rings (SSSR count). The summed E-state index contributed by atoms with van der Waals surface area (Å²) in [6, 6.07) is 23.3. The second kappa shape index (κ2) is 59.3. The van der Waals surface area contributed by atoms with Crippen molar-refractivity contribution in [2.75, 3.05) is 47.9 Å². The highest BCUT2D eigenvalue weighted by atomic mass is 16.6. The number of allylic oxidation sites excluding steroid dienone is 4. The van der Waals surface area contributed by atoms with E-state index in [1.165, 1.54) is 89.3 Å². The molecular formula is C112H161N11O21. The molecule has 0 bridgehead atoms. The average Bonchev–Trinajstić information content (AvgIpc) is 1.61. The number of aliphatic hydroxyl groups excluding tert-OH is 1. The number of benzene rings is 4. The molecule has 7 N–H and O–H groups in total. The normalized spacial score (nSPS) is 15.5. The van der Waals surface area contributed by atoms with E-state index in [2.05, 4.69) is 48.4 Å². The van der Waals surface area contributed by atoms with Crippen LogP contribution >= 0.6 is 0 Å². The van der Waals surface area contributed by atoms with Crippen LogP contribution in [0, 0.1) is 65.9 Å². The van der Waals surface area contributed by atoms with Gasteiger partial charge >= 0.3 is 30.0 Å². The van der Waals surface area contributed by atoms with E-state index in [0.29, 0.717) is 59.3 Å². The van der Waals surface area contributed by atoms with Gasteiger partial charge in [0, 0.05) is 58.1 Å². The van der Waals surface area contributed by atoms with Gasteiger partial charge in [0.2, 0.25) is 35.4 Å². The molecule has 32 nitrogen and oxygen atoms in total. The number of hydrogen-bond acceptors (Lipinski definition) is 20. The molecular weight excluding hydrogens is 1840 g/mol. The molecule has 16 atom stereocenters. The Bertz CT molecular complexity index is 5240. The van der Waals surface area contributed by atoms with E-state index in [4.69, 9.17) is 37.2 Å². The van der Waals surface area contributed by atoms with Crippen LogP contribution in [0.15, 0.2) is 144 Å². The monoisotopic (exact) mass is 2000 g/mol. The van der Waals surface area contributed by atoms with Gasteiger partial charge in [0.25, 0.3) is 11.8 Å². The maximum absolute atomic E-state index is 14.1. The zero-order valence-corrected chi connectivity index (χ0v) is 90.6. The maximum Gasteiger partial charge on any atom is 0.408 e.